The van der Waals surface area contributed by atoms with Crippen molar-refractivity contribution in [2.24, 2.45) is 0 Å². The zero-order valence-corrected chi connectivity index (χ0v) is 16.9. The summed E-state index contributed by atoms with van der Waals surface area (Å²) < 4.78 is 0. The molecule has 0 aliphatic rings. The predicted octanol–water partition coefficient (Wildman–Crippen LogP) is 7.04. The van der Waals surface area contributed by atoms with Crippen molar-refractivity contribution in [2.75, 3.05) is 12.4 Å². The highest BCUT2D eigenvalue weighted by atomic mass is 14.8. The number of benzene rings is 4. The van der Waals surface area contributed by atoms with Gasteiger partial charge in [0.15, 0.2) is 0 Å². The Morgan fingerprint density at radius 1 is 0.483 bits per heavy atom. The van der Waals surface area contributed by atoms with E-state index in [0.717, 1.165) is 5.69 Å². The molecular formula is C28H25N. The van der Waals surface area contributed by atoms with Gasteiger partial charge in [0.2, 0.25) is 0 Å². The molecule has 0 unspecified atom stereocenters. The van der Waals surface area contributed by atoms with Crippen molar-refractivity contribution in [1.82, 2.24) is 0 Å². The molecule has 0 fully saturated rings. The van der Waals surface area contributed by atoms with E-state index in [2.05, 4.69) is 121 Å². The minimum Gasteiger partial charge on any atom is -0.388 e. The van der Waals surface area contributed by atoms with E-state index in [0.29, 0.717) is 0 Å². The van der Waals surface area contributed by atoms with E-state index in [1.54, 1.807) is 0 Å². The molecule has 1 nitrogen and oxygen atoms in total. The normalized spacial score (nSPS) is 11.7. The molecule has 4 rings (SSSR count). The van der Waals surface area contributed by atoms with Crippen LogP contribution < -0.4 is 5.32 Å². The lowest BCUT2D eigenvalue weighted by molar-refractivity contribution is 1.44. The molecule has 0 atom stereocenters. The average molecular weight is 376 g/mol. The van der Waals surface area contributed by atoms with Gasteiger partial charge in [-0.05, 0) is 52.5 Å². The fourth-order valence-corrected chi connectivity index (χ4v) is 3.64. The zero-order chi connectivity index (χ0) is 20.1. The van der Waals surface area contributed by atoms with E-state index >= 15 is 0 Å². The van der Waals surface area contributed by atoms with E-state index in [1.807, 2.05) is 7.05 Å². The third-order valence-electron chi connectivity index (χ3n) is 5.18. The van der Waals surface area contributed by atoms with Gasteiger partial charge in [-0.1, -0.05) is 103 Å². The quantitative estimate of drug-likeness (QED) is 0.369. The molecule has 0 bridgehead atoms. The number of hydrogen-bond acceptors (Lipinski definition) is 1. The summed E-state index contributed by atoms with van der Waals surface area (Å²) in [5.41, 5.74) is 9.71. The Morgan fingerprint density at radius 2 is 0.862 bits per heavy atom. The number of aryl methyl sites for hydroxylation is 1. The first-order valence-corrected chi connectivity index (χ1v) is 9.96. The molecule has 0 heterocycles. The first kappa shape index (κ1) is 18.8. The molecule has 4 aromatic rings. The highest BCUT2D eigenvalue weighted by Crippen LogP contribution is 2.37. The van der Waals surface area contributed by atoms with Crippen LogP contribution in [0, 0.1) is 6.92 Å². The van der Waals surface area contributed by atoms with Gasteiger partial charge in [-0.25, -0.2) is 0 Å². The minimum absolute atomic E-state index is 1.11. The molecule has 0 amide bonds. The molecule has 0 saturated carbocycles. The van der Waals surface area contributed by atoms with Crippen LogP contribution in [0.2, 0.25) is 0 Å². The first-order chi connectivity index (χ1) is 14.3. The largest absolute Gasteiger partial charge is 0.388 e. The van der Waals surface area contributed by atoms with Crippen LogP contribution in [0.4, 0.5) is 5.69 Å². The van der Waals surface area contributed by atoms with Crippen LogP contribution in [0.25, 0.3) is 11.1 Å². The Hall–Kier alpha value is -3.58. The molecule has 0 aliphatic heterocycles. The first-order valence-electron chi connectivity index (χ1n) is 9.96. The topological polar surface area (TPSA) is 12.0 Å². The molecule has 0 spiro atoms. The fraction of sp³-hybridized carbons (Fsp3) is 0.0714. The lowest BCUT2D eigenvalue weighted by Crippen LogP contribution is -1.98. The van der Waals surface area contributed by atoms with E-state index in [1.165, 1.54) is 39.0 Å². The second-order valence-electron chi connectivity index (χ2n) is 7.18. The highest BCUT2D eigenvalue weighted by Gasteiger charge is 2.16. The molecule has 0 aromatic heterocycles. The molecule has 4 aromatic carbocycles. The molecule has 142 valence electrons. The van der Waals surface area contributed by atoms with Crippen molar-refractivity contribution in [3.05, 3.63) is 137 Å². The minimum atomic E-state index is 1.11. The lowest BCUT2D eigenvalue weighted by atomic mass is 9.85. The molecule has 0 saturated heterocycles. The third-order valence-corrected chi connectivity index (χ3v) is 5.18. The van der Waals surface area contributed by atoms with E-state index in [9.17, 15) is 0 Å². The molecule has 0 aliphatic carbocycles. The van der Waals surface area contributed by atoms with Gasteiger partial charge >= 0.3 is 0 Å². The standard InChI is InChI=1S/C28H25N/c1-21-13-15-24(16-14-21)27(22-9-5-3-6-10-22)28(23-11-7-4-8-12-23)25-17-19-26(29-2)20-18-25/h3-20,29H,1-2H3. The van der Waals surface area contributed by atoms with Crippen molar-refractivity contribution in [3.63, 3.8) is 0 Å². The summed E-state index contributed by atoms with van der Waals surface area (Å²) in [6, 6.07) is 38.8. The van der Waals surface area contributed by atoms with Crippen molar-refractivity contribution < 1.29 is 0 Å². The molecule has 1 N–H and O–H groups in total. The maximum Gasteiger partial charge on any atom is 0.0337 e. The van der Waals surface area contributed by atoms with E-state index in [-0.39, 0.29) is 0 Å². The molecule has 0 radical (unpaired) electrons. The molecular weight excluding hydrogens is 350 g/mol. The second kappa shape index (κ2) is 8.62. The van der Waals surface area contributed by atoms with Gasteiger partial charge in [0, 0.05) is 12.7 Å². The van der Waals surface area contributed by atoms with Gasteiger partial charge in [0.05, 0.1) is 0 Å². The summed E-state index contributed by atoms with van der Waals surface area (Å²) in [6.07, 6.45) is 0. The number of anilines is 1. The Bertz CT molecular complexity index is 1090. The van der Waals surface area contributed by atoms with Gasteiger partial charge < -0.3 is 5.32 Å². The van der Waals surface area contributed by atoms with Crippen molar-refractivity contribution in [1.29, 1.82) is 0 Å². The van der Waals surface area contributed by atoms with Crippen LogP contribution in [0.15, 0.2) is 109 Å². The van der Waals surface area contributed by atoms with Crippen molar-refractivity contribution in [3.8, 4) is 0 Å². The second-order valence-corrected chi connectivity index (χ2v) is 7.18. The Labute approximate surface area is 173 Å². The fourth-order valence-electron chi connectivity index (χ4n) is 3.64. The predicted molar refractivity (Wildman–Crippen MR) is 125 cm³/mol. The number of rotatable bonds is 5. The highest BCUT2D eigenvalue weighted by molar-refractivity contribution is 6.04. The molecule has 1 heteroatoms. The van der Waals surface area contributed by atoms with Crippen molar-refractivity contribution >= 4 is 16.8 Å². The Kier molecular flexibility index (Phi) is 5.58. The van der Waals surface area contributed by atoms with Gasteiger partial charge in [-0.2, -0.15) is 0 Å². The molecule has 29 heavy (non-hydrogen) atoms. The Balaban J connectivity index is 2.05. The summed E-state index contributed by atoms with van der Waals surface area (Å²) in [4.78, 5) is 0. The summed E-state index contributed by atoms with van der Waals surface area (Å²) in [5, 5.41) is 3.22. The number of hydrogen-bond donors (Lipinski definition) is 1. The van der Waals surface area contributed by atoms with Gasteiger partial charge in [-0.3, -0.25) is 0 Å². The monoisotopic (exact) mass is 375 g/mol. The summed E-state index contributed by atoms with van der Waals surface area (Å²) in [5.74, 6) is 0. The van der Waals surface area contributed by atoms with Gasteiger partial charge in [0.25, 0.3) is 0 Å². The van der Waals surface area contributed by atoms with Crippen LogP contribution >= 0.6 is 0 Å². The van der Waals surface area contributed by atoms with Crippen LogP contribution in [0.3, 0.4) is 0 Å². The number of nitrogens with one attached hydrogen (secondary N) is 1. The summed E-state index contributed by atoms with van der Waals surface area (Å²) in [6.45, 7) is 2.13. The average Bonchev–Trinajstić information content (AvgIpc) is 2.79. The summed E-state index contributed by atoms with van der Waals surface area (Å²) in [7, 11) is 1.95. The zero-order valence-electron chi connectivity index (χ0n) is 16.9. The van der Waals surface area contributed by atoms with Crippen LogP contribution in [0.5, 0.6) is 0 Å². The smallest absolute Gasteiger partial charge is 0.0337 e. The lowest BCUT2D eigenvalue weighted by Gasteiger charge is -2.18. The van der Waals surface area contributed by atoms with Crippen LogP contribution in [-0.4, -0.2) is 7.05 Å². The van der Waals surface area contributed by atoms with Crippen LogP contribution in [-0.2, 0) is 0 Å². The van der Waals surface area contributed by atoms with Gasteiger partial charge in [0.1, 0.15) is 0 Å². The van der Waals surface area contributed by atoms with E-state index in [4.69, 9.17) is 0 Å². The SMILES string of the molecule is CNc1ccc(C(=C(c2ccccc2)c2ccc(C)cc2)c2ccccc2)cc1. The van der Waals surface area contributed by atoms with E-state index < -0.39 is 0 Å². The Morgan fingerprint density at radius 3 is 1.28 bits per heavy atom. The van der Waals surface area contributed by atoms with Crippen molar-refractivity contribution in [2.45, 2.75) is 6.92 Å². The third kappa shape index (κ3) is 4.14. The summed E-state index contributed by atoms with van der Waals surface area (Å²) >= 11 is 0. The van der Waals surface area contributed by atoms with Crippen LogP contribution in [0.1, 0.15) is 27.8 Å². The van der Waals surface area contributed by atoms with Gasteiger partial charge in [-0.15, -0.1) is 0 Å². The maximum absolute atomic E-state index is 3.22. The maximum atomic E-state index is 3.22.